The van der Waals surface area contributed by atoms with Crippen molar-refractivity contribution < 1.29 is 4.74 Å². The number of nitrogens with one attached hydrogen (secondary N) is 1. The van der Waals surface area contributed by atoms with Crippen molar-refractivity contribution >= 4 is 34.3 Å². The van der Waals surface area contributed by atoms with E-state index in [1.165, 1.54) is 11.8 Å². The van der Waals surface area contributed by atoms with Gasteiger partial charge < -0.3 is 14.3 Å². The molecule has 0 saturated carbocycles. The van der Waals surface area contributed by atoms with Crippen LogP contribution in [0.4, 0.5) is 0 Å². The van der Waals surface area contributed by atoms with Crippen LogP contribution in [0, 0.1) is 6.92 Å². The van der Waals surface area contributed by atoms with Crippen LogP contribution < -0.4 is 10.3 Å². The number of thioether (sulfide) groups is 1. The van der Waals surface area contributed by atoms with Crippen LogP contribution in [0.25, 0.3) is 10.9 Å². The summed E-state index contributed by atoms with van der Waals surface area (Å²) < 4.78 is 8.00. The van der Waals surface area contributed by atoms with Crippen molar-refractivity contribution in [2.45, 2.75) is 24.3 Å². The van der Waals surface area contributed by atoms with Gasteiger partial charge in [-0.3, -0.25) is 4.79 Å². The van der Waals surface area contributed by atoms with E-state index in [1.807, 2.05) is 68.6 Å². The van der Waals surface area contributed by atoms with Gasteiger partial charge in [-0.2, -0.15) is 0 Å². The number of aromatic nitrogens is 3. The smallest absolute Gasteiger partial charge is 0.255 e. The average Bonchev–Trinajstić information content (AvgIpc) is 3.18. The van der Waals surface area contributed by atoms with Crippen molar-refractivity contribution in [3.63, 3.8) is 0 Å². The fourth-order valence-corrected chi connectivity index (χ4v) is 4.90. The Bertz CT molecular complexity index is 1560. The number of halogens is 1. The van der Waals surface area contributed by atoms with Gasteiger partial charge in [-0.1, -0.05) is 53.7 Å². The lowest BCUT2D eigenvalue weighted by Gasteiger charge is -2.08. The van der Waals surface area contributed by atoms with Crippen LogP contribution in [0.15, 0.2) is 89.1 Å². The van der Waals surface area contributed by atoms with E-state index in [4.69, 9.17) is 16.3 Å². The third-order valence-electron chi connectivity index (χ3n) is 5.87. The van der Waals surface area contributed by atoms with Gasteiger partial charge in [0.05, 0.1) is 0 Å². The summed E-state index contributed by atoms with van der Waals surface area (Å²) in [7, 11) is 2.02. The van der Waals surface area contributed by atoms with E-state index in [-0.39, 0.29) is 5.56 Å². The number of benzene rings is 3. The molecule has 0 radical (unpaired) electrons. The SMILES string of the molecule is Cc1cc(Oc2ccc(CSc3ncc(Cc4cn(C)c5ccccc45)c(=O)[nH]3)cc2)ccc1Cl. The Kier molecular flexibility index (Phi) is 6.66. The van der Waals surface area contributed by atoms with Gasteiger partial charge in [0, 0.05) is 53.1 Å². The van der Waals surface area contributed by atoms with Crippen LogP contribution in [0.1, 0.15) is 22.3 Å². The Hall–Kier alpha value is -3.48. The van der Waals surface area contributed by atoms with Crippen molar-refractivity contribution in [3.8, 4) is 11.5 Å². The van der Waals surface area contributed by atoms with Gasteiger partial charge in [-0.25, -0.2) is 4.98 Å². The zero-order valence-corrected chi connectivity index (χ0v) is 21.0. The summed E-state index contributed by atoms with van der Waals surface area (Å²) in [6.45, 7) is 1.95. The number of rotatable bonds is 7. The minimum absolute atomic E-state index is 0.0996. The largest absolute Gasteiger partial charge is 0.457 e. The second-order valence-corrected chi connectivity index (χ2v) is 9.82. The molecule has 0 saturated heterocycles. The standard InChI is InChI=1S/C28H24ClN3O2S/c1-18-13-23(11-12-25(18)29)34-22-9-7-19(8-10-22)17-35-28-30-15-20(27(33)31-28)14-21-16-32(2)26-6-4-3-5-24(21)26/h3-13,15-16H,14,17H2,1-2H3,(H,30,31,33). The molecule has 176 valence electrons. The summed E-state index contributed by atoms with van der Waals surface area (Å²) in [5.74, 6) is 2.19. The highest BCUT2D eigenvalue weighted by Crippen LogP contribution is 2.27. The van der Waals surface area contributed by atoms with Crippen molar-refractivity contribution in [1.82, 2.24) is 14.5 Å². The van der Waals surface area contributed by atoms with Crippen LogP contribution in [0.3, 0.4) is 0 Å². The lowest BCUT2D eigenvalue weighted by Crippen LogP contribution is -2.14. The monoisotopic (exact) mass is 501 g/mol. The topological polar surface area (TPSA) is 59.9 Å². The number of para-hydroxylation sites is 1. The van der Waals surface area contributed by atoms with E-state index in [1.54, 1.807) is 6.20 Å². The fourth-order valence-electron chi connectivity index (χ4n) is 4.00. The molecule has 2 aromatic heterocycles. The van der Waals surface area contributed by atoms with Gasteiger partial charge in [0.1, 0.15) is 11.5 Å². The first-order chi connectivity index (χ1) is 17.0. The molecule has 3 aromatic carbocycles. The van der Waals surface area contributed by atoms with Gasteiger partial charge in [0.25, 0.3) is 5.56 Å². The second kappa shape index (κ2) is 10.0. The van der Waals surface area contributed by atoms with Crippen LogP contribution in [-0.2, 0) is 19.2 Å². The fraction of sp³-hybridized carbons (Fsp3) is 0.143. The molecular formula is C28H24ClN3O2S. The van der Waals surface area contributed by atoms with Crippen molar-refractivity contribution in [2.75, 3.05) is 0 Å². The average molecular weight is 502 g/mol. The highest BCUT2D eigenvalue weighted by atomic mass is 35.5. The molecule has 0 aliphatic heterocycles. The molecule has 0 spiro atoms. The second-order valence-electron chi connectivity index (χ2n) is 8.45. The van der Waals surface area contributed by atoms with Crippen LogP contribution in [0.2, 0.25) is 5.02 Å². The first-order valence-electron chi connectivity index (χ1n) is 11.2. The van der Waals surface area contributed by atoms with Gasteiger partial charge in [0.15, 0.2) is 5.16 Å². The lowest BCUT2D eigenvalue weighted by molar-refractivity contribution is 0.482. The molecule has 0 amide bonds. The van der Waals surface area contributed by atoms with E-state index in [0.717, 1.165) is 44.1 Å². The molecule has 5 aromatic rings. The number of aromatic amines is 1. The van der Waals surface area contributed by atoms with Gasteiger partial charge >= 0.3 is 0 Å². The maximum Gasteiger partial charge on any atom is 0.255 e. The molecule has 1 N–H and O–H groups in total. The number of aryl methyl sites for hydroxylation is 2. The van der Waals surface area contributed by atoms with Crippen LogP contribution >= 0.6 is 23.4 Å². The summed E-state index contributed by atoms with van der Waals surface area (Å²) in [6, 6.07) is 21.7. The molecule has 0 aliphatic rings. The minimum Gasteiger partial charge on any atom is -0.457 e. The predicted octanol–water partition coefficient (Wildman–Crippen LogP) is 6.90. The third-order valence-corrected chi connectivity index (χ3v) is 7.26. The molecule has 0 atom stereocenters. The zero-order valence-electron chi connectivity index (χ0n) is 19.4. The Labute approximate surface area is 212 Å². The Balaban J connectivity index is 1.22. The molecule has 0 unspecified atom stereocenters. The number of ether oxygens (including phenoxy) is 1. The number of fused-ring (bicyclic) bond motifs is 1. The molecule has 2 heterocycles. The third kappa shape index (κ3) is 5.29. The Morgan fingerprint density at radius 1 is 1.03 bits per heavy atom. The summed E-state index contributed by atoms with van der Waals surface area (Å²) in [6.07, 6.45) is 4.31. The van der Waals surface area contributed by atoms with Crippen LogP contribution in [0.5, 0.6) is 11.5 Å². The highest BCUT2D eigenvalue weighted by molar-refractivity contribution is 7.98. The minimum atomic E-state index is -0.0996. The Morgan fingerprint density at radius 3 is 2.57 bits per heavy atom. The summed E-state index contributed by atoms with van der Waals surface area (Å²) in [5.41, 5.74) is 4.91. The van der Waals surface area contributed by atoms with Crippen molar-refractivity contribution in [2.24, 2.45) is 7.05 Å². The summed E-state index contributed by atoms with van der Waals surface area (Å²) >= 11 is 7.58. The van der Waals surface area contributed by atoms with Crippen molar-refractivity contribution in [3.05, 3.63) is 117 Å². The first-order valence-corrected chi connectivity index (χ1v) is 12.6. The van der Waals surface area contributed by atoms with E-state index < -0.39 is 0 Å². The molecular weight excluding hydrogens is 478 g/mol. The summed E-state index contributed by atoms with van der Waals surface area (Å²) in [4.78, 5) is 20.1. The predicted molar refractivity (Wildman–Crippen MR) is 143 cm³/mol. The maximum atomic E-state index is 12.7. The maximum absolute atomic E-state index is 12.7. The first kappa shape index (κ1) is 23.3. The number of nitrogens with zero attached hydrogens (tertiary/aromatic N) is 2. The van der Waals surface area contributed by atoms with Gasteiger partial charge in [-0.05, 0) is 60.0 Å². The van der Waals surface area contributed by atoms with Gasteiger partial charge in [-0.15, -0.1) is 0 Å². The molecule has 0 fully saturated rings. The number of hydrogen-bond donors (Lipinski definition) is 1. The number of hydrogen-bond acceptors (Lipinski definition) is 4. The molecule has 0 bridgehead atoms. The molecule has 5 nitrogen and oxygen atoms in total. The normalized spacial score (nSPS) is 11.2. The van der Waals surface area contributed by atoms with E-state index in [0.29, 0.717) is 22.9 Å². The van der Waals surface area contributed by atoms with E-state index in [9.17, 15) is 4.79 Å². The molecule has 0 aliphatic carbocycles. The molecule has 7 heteroatoms. The molecule has 35 heavy (non-hydrogen) atoms. The Morgan fingerprint density at radius 2 is 1.80 bits per heavy atom. The molecule has 5 rings (SSSR count). The highest BCUT2D eigenvalue weighted by Gasteiger charge is 2.10. The zero-order chi connectivity index (χ0) is 24.4. The quantitative estimate of drug-likeness (QED) is 0.195. The van der Waals surface area contributed by atoms with E-state index >= 15 is 0 Å². The lowest BCUT2D eigenvalue weighted by atomic mass is 10.1. The number of H-pyrrole nitrogens is 1. The van der Waals surface area contributed by atoms with Gasteiger partial charge in [0.2, 0.25) is 0 Å². The van der Waals surface area contributed by atoms with Crippen LogP contribution in [-0.4, -0.2) is 14.5 Å². The van der Waals surface area contributed by atoms with Crippen molar-refractivity contribution in [1.29, 1.82) is 0 Å². The van der Waals surface area contributed by atoms with E-state index in [2.05, 4.69) is 32.9 Å². The summed E-state index contributed by atoms with van der Waals surface area (Å²) in [5, 5.41) is 2.48.